The topological polar surface area (TPSA) is 87.7 Å². The minimum absolute atomic E-state index is 0.0717. The van der Waals surface area contributed by atoms with Crippen molar-refractivity contribution in [3.05, 3.63) is 60.2 Å². The molecule has 9 heteroatoms. The number of carbonyl (C=O) groups excluding carboxylic acids is 2. The number of phenolic OH excluding ortho intramolecular Hbond substituents is 1. The van der Waals surface area contributed by atoms with E-state index >= 15 is 0 Å². The maximum Gasteiger partial charge on any atom is 0.471 e. The molecule has 0 unspecified atom stereocenters. The number of aromatic hydroxyl groups is 1. The van der Waals surface area contributed by atoms with Crippen LogP contribution in [-0.2, 0) is 4.79 Å². The van der Waals surface area contributed by atoms with Gasteiger partial charge >= 0.3 is 12.1 Å². The van der Waals surface area contributed by atoms with Gasteiger partial charge in [0.2, 0.25) is 0 Å². The molecule has 3 N–H and O–H groups in total. The van der Waals surface area contributed by atoms with Gasteiger partial charge in [0.15, 0.2) is 0 Å². The third kappa shape index (κ3) is 9.96. The van der Waals surface area contributed by atoms with E-state index in [1.54, 1.807) is 29.6 Å². The Balaban J connectivity index is 1.50. The van der Waals surface area contributed by atoms with Crippen LogP contribution in [-0.4, -0.2) is 29.7 Å². The summed E-state index contributed by atoms with van der Waals surface area (Å²) in [4.78, 5) is 24.5. The Morgan fingerprint density at radius 2 is 1.31 bits per heavy atom. The second-order valence-electron chi connectivity index (χ2n) is 10.5. The molecule has 3 rings (SSSR count). The number of nitrogens with one attached hydrogen (secondary N) is 2. The molecule has 0 atom stereocenters. The molecule has 0 bridgehead atoms. The monoisotopic (exact) mass is 586 g/mol. The van der Waals surface area contributed by atoms with Crippen LogP contribution in [0.4, 0.5) is 24.5 Å². The molecule has 6 nitrogen and oxygen atoms in total. The maximum absolute atomic E-state index is 13.1. The van der Waals surface area contributed by atoms with Crippen molar-refractivity contribution in [3.8, 4) is 11.5 Å². The summed E-state index contributed by atoms with van der Waals surface area (Å²) >= 11 is 0. The zero-order valence-corrected chi connectivity index (χ0v) is 24.2. The smallest absolute Gasteiger partial charge is 0.471 e. The molecule has 0 saturated heterocycles. The number of anilines is 2. The van der Waals surface area contributed by atoms with E-state index in [9.17, 15) is 27.9 Å². The van der Waals surface area contributed by atoms with Crippen LogP contribution < -0.4 is 15.4 Å². The molecule has 0 heterocycles. The molecule has 3 aromatic carbocycles. The summed E-state index contributed by atoms with van der Waals surface area (Å²) < 4.78 is 44.1. The first kappa shape index (κ1) is 32.8. The van der Waals surface area contributed by atoms with E-state index in [1.165, 1.54) is 94.5 Å². The Hall–Kier alpha value is -3.75. The van der Waals surface area contributed by atoms with Crippen molar-refractivity contribution in [1.29, 1.82) is 0 Å². The molecule has 42 heavy (non-hydrogen) atoms. The van der Waals surface area contributed by atoms with Gasteiger partial charge in [-0.2, -0.15) is 13.2 Å². The lowest BCUT2D eigenvalue weighted by Gasteiger charge is -2.15. The fourth-order valence-electron chi connectivity index (χ4n) is 4.84. The van der Waals surface area contributed by atoms with Gasteiger partial charge in [-0.05, 0) is 30.7 Å². The molecule has 0 aliphatic heterocycles. The number of carbonyl (C=O) groups is 2. The molecule has 3 aromatic rings. The van der Waals surface area contributed by atoms with E-state index in [1.807, 2.05) is 0 Å². The van der Waals surface area contributed by atoms with Crippen LogP contribution >= 0.6 is 0 Å². The number of benzene rings is 3. The fourth-order valence-corrected chi connectivity index (χ4v) is 4.84. The minimum Gasteiger partial charge on any atom is -0.506 e. The lowest BCUT2D eigenvalue weighted by Crippen LogP contribution is -2.29. The van der Waals surface area contributed by atoms with Crippen LogP contribution in [0.2, 0.25) is 0 Å². The molecule has 0 spiro atoms. The summed E-state index contributed by atoms with van der Waals surface area (Å²) in [6.45, 7) is 2.75. The molecule has 0 fully saturated rings. The average molecular weight is 587 g/mol. The minimum atomic E-state index is -5.06. The SMILES string of the molecule is CCCCCCCCCCCCCCOc1ccccc1NC(=O)c1ccc2c(NC(=O)C(F)(F)F)cccc2c1O. The number of rotatable bonds is 17. The zero-order valence-electron chi connectivity index (χ0n) is 24.2. The Morgan fingerprint density at radius 1 is 0.714 bits per heavy atom. The van der Waals surface area contributed by atoms with Gasteiger partial charge in [-0.25, -0.2) is 0 Å². The summed E-state index contributed by atoms with van der Waals surface area (Å²) in [6.07, 6.45) is 9.89. The van der Waals surface area contributed by atoms with Crippen molar-refractivity contribution in [2.75, 3.05) is 17.2 Å². The standard InChI is InChI=1S/C33H41F3N2O4/c1-2-3-4-5-6-7-8-9-10-11-12-15-23-42-29-20-14-13-18-28(29)37-31(40)26-22-21-24-25(30(26)39)17-16-19-27(24)38-32(41)33(34,35)36/h13-14,16-22,39H,2-12,15,23H2,1H3,(H,37,40)(H,38,41). The van der Waals surface area contributed by atoms with Gasteiger partial charge in [0.05, 0.1) is 17.9 Å². The molecular formula is C33H41F3N2O4. The predicted octanol–water partition coefficient (Wildman–Crippen LogP) is 9.38. The van der Waals surface area contributed by atoms with Crippen molar-refractivity contribution in [2.24, 2.45) is 0 Å². The number of amides is 2. The van der Waals surface area contributed by atoms with E-state index in [0.717, 1.165) is 12.8 Å². The Morgan fingerprint density at radius 3 is 1.95 bits per heavy atom. The van der Waals surface area contributed by atoms with Crippen LogP contribution in [0.25, 0.3) is 10.8 Å². The van der Waals surface area contributed by atoms with Crippen LogP contribution in [0.15, 0.2) is 54.6 Å². The Bertz CT molecular complexity index is 1310. The average Bonchev–Trinajstić information content (AvgIpc) is 2.96. The quantitative estimate of drug-likeness (QED) is 0.138. The number of ether oxygens (including phenoxy) is 1. The number of phenols is 1. The van der Waals surface area contributed by atoms with Crippen LogP contribution in [0.3, 0.4) is 0 Å². The molecule has 0 aromatic heterocycles. The number of hydrogen-bond donors (Lipinski definition) is 3. The predicted molar refractivity (Wildman–Crippen MR) is 161 cm³/mol. The molecule has 0 radical (unpaired) electrons. The van der Waals surface area contributed by atoms with Gasteiger partial charge in [-0.15, -0.1) is 0 Å². The van der Waals surface area contributed by atoms with E-state index in [-0.39, 0.29) is 22.0 Å². The molecule has 0 aliphatic rings. The molecule has 228 valence electrons. The van der Waals surface area contributed by atoms with Gasteiger partial charge in [0.25, 0.3) is 5.91 Å². The van der Waals surface area contributed by atoms with Crippen molar-refractivity contribution >= 4 is 34.0 Å². The van der Waals surface area contributed by atoms with E-state index in [4.69, 9.17) is 4.74 Å². The maximum atomic E-state index is 13.1. The van der Waals surface area contributed by atoms with Gasteiger partial charge in [0, 0.05) is 16.5 Å². The third-order valence-corrected chi connectivity index (χ3v) is 7.17. The first-order chi connectivity index (χ1) is 20.2. The third-order valence-electron chi connectivity index (χ3n) is 7.17. The van der Waals surface area contributed by atoms with Gasteiger partial charge in [-0.3, -0.25) is 9.59 Å². The van der Waals surface area contributed by atoms with Crippen LogP contribution in [0.5, 0.6) is 11.5 Å². The Labute approximate surface area is 245 Å². The summed E-state index contributed by atoms with van der Waals surface area (Å²) in [5.74, 6) is -2.65. The van der Waals surface area contributed by atoms with Gasteiger partial charge in [0.1, 0.15) is 11.5 Å². The van der Waals surface area contributed by atoms with E-state index in [2.05, 4.69) is 12.2 Å². The number of fused-ring (bicyclic) bond motifs is 1. The molecule has 2 amide bonds. The highest BCUT2D eigenvalue weighted by Crippen LogP contribution is 2.35. The normalized spacial score (nSPS) is 11.4. The lowest BCUT2D eigenvalue weighted by atomic mass is 10.0. The molecule has 0 saturated carbocycles. The number of para-hydroxylation sites is 2. The first-order valence-electron chi connectivity index (χ1n) is 14.9. The van der Waals surface area contributed by atoms with E-state index in [0.29, 0.717) is 18.0 Å². The van der Waals surface area contributed by atoms with Crippen molar-refractivity contribution < 1.29 is 32.6 Å². The van der Waals surface area contributed by atoms with Gasteiger partial charge in [-0.1, -0.05) is 108 Å². The molecule has 0 aliphatic carbocycles. The highest BCUT2D eigenvalue weighted by atomic mass is 19.4. The van der Waals surface area contributed by atoms with Crippen molar-refractivity contribution in [1.82, 2.24) is 0 Å². The van der Waals surface area contributed by atoms with E-state index < -0.39 is 23.7 Å². The second kappa shape index (κ2) is 16.6. The zero-order chi connectivity index (χ0) is 30.4. The van der Waals surface area contributed by atoms with Crippen LogP contribution in [0, 0.1) is 0 Å². The number of alkyl halides is 3. The largest absolute Gasteiger partial charge is 0.506 e. The second-order valence-corrected chi connectivity index (χ2v) is 10.5. The van der Waals surface area contributed by atoms with Crippen LogP contribution in [0.1, 0.15) is 94.3 Å². The fraction of sp³-hybridized carbons (Fsp3) is 0.455. The highest BCUT2D eigenvalue weighted by Gasteiger charge is 2.39. The Kier molecular flexibility index (Phi) is 13.0. The number of unbranched alkanes of at least 4 members (excludes halogenated alkanes) is 11. The summed E-state index contributed by atoms with van der Waals surface area (Å²) in [6, 6.07) is 13.8. The number of halogens is 3. The number of hydrogen-bond acceptors (Lipinski definition) is 4. The lowest BCUT2D eigenvalue weighted by molar-refractivity contribution is -0.167. The molecular weight excluding hydrogens is 545 g/mol. The first-order valence-corrected chi connectivity index (χ1v) is 14.9. The van der Waals surface area contributed by atoms with Crippen molar-refractivity contribution in [2.45, 2.75) is 90.1 Å². The van der Waals surface area contributed by atoms with Gasteiger partial charge < -0.3 is 20.5 Å². The summed E-state index contributed by atoms with van der Waals surface area (Å²) in [5.41, 5.74) is 0.235. The summed E-state index contributed by atoms with van der Waals surface area (Å²) in [5, 5.41) is 15.6. The summed E-state index contributed by atoms with van der Waals surface area (Å²) in [7, 11) is 0. The van der Waals surface area contributed by atoms with Crippen molar-refractivity contribution in [3.63, 3.8) is 0 Å². The highest BCUT2D eigenvalue weighted by molar-refractivity contribution is 6.13.